The average molecular weight is 509 g/mol. The van der Waals surface area contributed by atoms with Crippen molar-refractivity contribution in [2.24, 2.45) is 10.5 Å². The Labute approximate surface area is 211 Å². The number of nitrogens with zero attached hydrogens (tertiary/aromatic N) is 4. The van der Waals surface area contributed by atoms with Crippen LogP contribution in [0.15, 0.2) is 52.5 Å². The lowest BCUT2D eigenvalue weighted by atomic mass is 9.84. The normalized spacial score (nSPS) is 16.1. The third-order valence-electron chi connectivity index (χ3n) is 6.10. The van der Waals surface area contributed by atoms with Gasteiger partial charge < -0.3 is 10.2 Å². The number of rotatable bonds is 6. The predicted molar refractivity (Wildman–Crippen MR) is 135 cm³/mol. The summed E-state index contributed by atoms with van der Waals surface area (Å²) in [5, 5.41) is 7.96. The van der Waals surface area contributed by atoms with E-state index in [9.17, 15) is 14.4 Å². The number of fused-ring (bicyclic) bond motifs is 1. The standard InChI is InChI=1S/C24H25ClN8O3/c1-24(2)12-32(13-24)19(34)11-33-21-15(7-16(10-26-21)20-28-30-31-29-20)8-18(23(33)36)22(35)27-9-14-3-5-17(25)6-4-14/h3-8,10,30-31H,9,11-13H2,1-2H3,(H,27,35)(H,28,29). The Morgan fingerprint density at radius 2 is 1.92 bits per heavy atom. The summed E-state index contributed by atoms with van der Waals surface area (Å²) in [6.45, 7) is 5.39. The number of hydrogen-bond donors (Lipinski definition) is 4. The Morgan fingerprint density at radius 1 is 1.17 bits per heavy atom. The number of likely N-dealkylation sites (tertiary alicyclic amines) is 1. The molecule has 1 fully saturated rings. The maximum Gasteiger partial charge on any atom is 0.265 e. The first-order chi connectivity index (χ1) is 17.2. The first kappa shape index (κ1) is 23.8. The van der Waals surface area contributed by atoms with Crippen LogP contribution in [0.4, 0.5) is 0 Å². The van der Waals surface area contributed by atoms with Gasteiger partial charge in [0.15, 0.2) is 5.84 Å². The Kier molecular flexibility index (Phi) is 6.10. The molecule has 1 aromatic carbocycles. The summed E-state index contributed by atoms with van der Waals surface area (Å²) in [4.78, 5) is 45.6. The largest absolute Gasteiger partial charge is 0.348 e. The summed E-state index contributed by atoms with van der Waals surface area (Å²) in [7, 11) is 0. The van der Waals surface area contributed by atoms with E-state index in [1.165, 1.54) is 10.6 Å². The molecule has 1 saturated heterocycles. The van der Waals surface area contributed by atoms with Crippen LogP contribution in [0.5, 0.6) is 0 Å². The van der Waals surface area contributed by atoms with Crippen molar-refractivity contribution in [3.8, 4) is 0 Å². The molecule has 11 nitrogen and oxygen atoms in total. The minimum atomic E-state index is -0.579. The summed E-state index contributed by atoms with van der Waals surface area (Å²) < 4.78 is 1.27. The lowest BCUT2D eigenvalue weighted by Crippen LogP contribution is -2.56. The van der Waals surface area contributed by atoms with Crippen molar-refractivity contribution in [3.05, 3.63) is 74.7 Å². The average Bonchev–Trinajstić information content (AvgIpc) is 3.38. The molecule has 2 aliphatic rings. The zero-order valence-corrected chi connectivity index (χ0v) is 20.5. The molecule has 186 valence electrons. The van der Waals surface area contributed by atoms with Crippen molar-refractivity contribution in [3.63, 3.8) is 0 Å². The third-order valence-corrected chi connectivity index (χ3v) is 6.35. The summed E-state index contributed by atoms with van der Waals surface area (Å²) in [6.07, 6.45) is 1.55. The molecule has 2 aliphatic heterocycles. The fraction of sp³-hybridized carbons (Fsp3) is 0.292. The van der Waals surface area contributed by atoms with Crippen LogP contribution in [0, 0.1) is 5.41 Å². The smallest absolute Gasteiger partial charge is 0.265 e. The fourth-order valence-electron chi connectivity index (χ4n) is 4.32. The zero-order chi connectivity index (χ0) is 25.4. The van der Waals surface area contributed by atoms with Gasteiger partial charge in [-0.05, 0) is 35.2 Å². The van der Waals surface area contributed by atoms with Gasteiger partial charge >= 0.3 is 0 Å². The monoisotopic (exact) mass is 508 g/mol. The molecule has 12 heteroatoms. The van der Waals surface area contributed by atoms with Gasteiger partial charge in [0.05, 0.1) is 0 Å². The van der Waals surface area contributed by atoms with Crippen molar-refractivity contribution in [1.29, 1.82) is 0 Å². The van der Waals surface area contributed by atoms with Crippen molar-refractivity contribution in [2.75, 3.05) is 13.1 Å². The first-order valence-electron chi connectivity index (χ1n) is 11.4. The van der Waals surface area contributed by atoms with Gasteiger partial charge in [0.2, 0.25) is 5.91 Å². The first-order valence-corrected chi connectivity index (χ1v) is 11.8. The molecule has 0 atom stereocenters. The Balaban J connectivity index is 1.49. The fourth-order valence-corrected chi connectivity index (χ4v) is 4.44. The summed E-state index contributed by atoms with van der Waals surface area (Å²) >= 11 is 5.93. The number of amides is 2. The maximum atomic E-state index is 13.4. The summed E-state index contributed by atoms with van der Waals surface area (Å²) in [5.74, 6) is -0.250. The van der Waals surface area contributed by atoms with E-state index < -0.39 is 11.5 Å². The molecule has 5 rings (SSSR count). The topological polar surface area (TPSA) is 133 Å². The molecule has 2 amide bonds. The quantitative estimate of drug-likeness (QED) is 0.392. The van der Waals surface area contributed by atoms with Crippen molar-refractivity contribution in [1.82, 2.24) is 36.3 Å². The number of halogens is 1. The number of carbonyl (C=O) groups excluding carboxylic acids is 2. The molecule has 0 radical (unpaired) electrons. The van der Waals surface area contributed by atoms with Crippen molar-refractivity contribution in [2.45, 2.75) is 26.9 Å². The summed E-state index contributed by atoms with van der Waals surface area (Å²) in [5.41, 5.74) is 9.25. The van der Waals surface area contributed by atoms with E-state index in [4.69, 9.17) is 11.6 Å². The maximum absolute atomic E-state index is 13.4. The highest BCUT2D eigenvalue weighted by Crippen LogP contribution is 2.28. The van der Waals surface area contributed by atoms with Crippen LogP contribution in [0.3, 0.4) is 0 Å². The van der Waals surface area contributed by atoms with Gasteiger partial charge in [0.25, 0.3) is 11.5 Å². The van der Waals surface area contributed by atoms with E-state index >= 15 is 0 Å². The van der Waals surface area contributed by atoms with Crippen LogP contribution in [0.25, 0.3) is 11.0 Å². The lowest BCUT2D eigenvalue weighted by Gasteiger charge is -2.45. The van der Waals surface area contributed by atoms with Crippen LogP contribution in [-0.2, 0) is 17.9 Å². The lowest BCUT2D eigenvalue weighted by molar-refractivity contribution is -0.142. The number of nitrogens with one attached hydrogen (secondary N) is 4. The Bertz CT molecular complexity index is 1440. The van der Waals surface area contributed by atoms with Crippen LogP contribution in [0.1, 0.15) is 35.3 Å². The van der Waals surface area contributed by atoms with E-state index in [1.807, 2.05) is 0 Å². The number of hydrogen-bond acceptors (Lipinski definition) is 8. The van der Waals surface area contributed by atoms with E-state index in [2.05, 4.69) is 45.7 Å². The van der Waals surface area contributed by atoms with E-state index in [0.717, 1.165) is 5.56 Å². The van der Waals surface area contributed by atoms with Crippen molar-refractivity contribution < 1.29 is 9.59 Å². The second-order valence-corrected chi connectivity index (χ2v) is 10.1. The van der Waals surface area contributed by atoms with Gasteiger partial charge in [0, 0.05) is 41.8 Å². The molecule has 0 aliphatic carbocycles. The molecule has 36 heavy (non-hydrogen) atoms. The molecule has 0 unspecified atom stereocenters. The van der Waals surface area contributed by atoms with Crippen molar-refractivity contribution >= 4 is 40.3 Å². The van der Waals surface area contributed by atoms with Crippen LogP contribution in [-0.4, -0.2) is 45.2 Å². The number of pyridine rings is 2. The number of benzene rings is 1. The van der Waals surface area contributed by atoms with Gasteiger partial charge in [-0.25, -0.2) is 10.5 Å². The van der Waals surface area contributed by atoms with Gasteiger partial charge in [-0.3, -0.25) is 24.4 Å². The molecular weight excluding hydrogens is 484 g/mol. The van der Waals surface area contributed by atoms with Crippen LogP contribution < -0.4 is 27.4 Å². The van der Waals surface area contributed by atoms with Gasteiger partial charge in [-0.2, -0.15) is 0 Å². The number of amidine groups is 1. The number of hydrazine groups is 2. The van der Waals surface area contributed by atoms with E-state index in [1.54, 1.807) is 41.4 Å². The van der Waals surface area contributed by atoms with E-state index in [0.29, 0.717) is 40.5 Å². The molecule has 2 aromatic heterocycles. The third kappa shape index (κ3) is 4.75. The zero-order valence-electron chi connectivity index (χ0n) is 19.8. The number of carbonyl (C=O) groups is 2. The van der Waals surface area contributed by atoms with Gasteiger partial charge in [-0.15, -0.1) is 10.6 Å². The highest BCUT2D eigenvalue weighted by atomic mass is 35.5. The molecule has 4 N–H and O–H groups in total. The second kappa shape index (κ2) is 9.25. The number of aromatic nitrogens is 2. The molecule has 3 aromatic rings. The molecule has 0 saturated carbocycles. The van der Waals surface area contributed by atoms with Crippen LogP contribution in [0.2, 0.25) is 5.02 Å². The van der Waals surface area contributed by atoms with Gasteiger partial charge in [0.1, 0.15) is 17.8 Å². The Hall–Kier alpha value is -3.96. The van der Waals surface area contributed by atoms with Crippen LogP contribution >= 0.6 is 11.6 Å². The second-order valence-electron chi connectivity index (χ2n) is 9.63. The SMILES string of the molecule is CC1(C)CN(C(=O)Cn2c(=O)c(C(=O)NCc3ccc(Cl)cc3)cc3cc(C4=NNNN4)cnc32)C1. The van der Waals surface area contributed by atoms with E-state index in [-0.39, 0.29) is 30.0 Å². The minimum Gasteiger partial charge on any atom is -0.348 e. The Morgan fingerprint density at radius 3 is 2.58 bits per heavy atom. The summed E-state index contributed by atoms with van der Waals surface area (Å²) in [6, 6.07) is 10.3. The highest BCUT2D eigenvalue weighted by molar-refractivity contribution is 6.30. The minimum absolute atomic E-state index is 0.0519. The predicted octanol–water partition coefficient (Wildman–Crippen LogP) is 1.12. The molecule has 0 bridgehead atoms. The highest BCUT2D eigenvalue weighted by Gasteiger charge is 2.37. The number of hydrazone groups is 1. The van der Waals surface area contributed by atoms with Gasteiger partial charge in [-0.1, -0.05) is 37.6 Å². The molecule has 0 spiro atoms. The molecule has 4 heterocycles. The molecular formula is C24H25ClN8O3.